The molecule has 0 radical (unpaired) electrons. The maximum absolute atomic E-state index is 11.1. The topological polar surface area (TPSA) is 279 Å². The molecule has 1 saturated heterocycles. The summed E-state index contributed by atoms with van der Waals surface area (Å²) in [6.07, 6.45) is -18.6. The van der Waals surface area contributed by atoms with Gasteiger partial charge in [0.25, 0.3) is 0 Å². The Labute approximate surface area is 237 Å². The van der Waals surface area contributed by atoms with Gasteiger partial charge in [-0.05, 0) is 20.4 Å². The number of rotatable bonds is 22. The molecule has 0 aromatic carbocycles. The smallest absolute Gasteiger partial charge is 0.207 e. The van der Waals surface area contributed by atoms with Gasteiger partial charge >= 0.3 is 0 Å². The molecule has 0 spiro atoms. The third-order valence-electron chi connectivity index (χ3n) is 6.31. The lowest BCUT2D eigenvalue weighted by Crippen LogP contribution is -2.65. The molecular weight excluding hydrogens is 560 g/mol. The van der Waals surface area contributed by atoms with Crippen LogP contribution in [0.25, 0.3) is 0 Å². The van der Waals surface area contributed by atoms with E-state index in [-0.39, 0.29) is 6.61 Å². The van der Waals surface area contributed by atoms with E-state index in [1.807, 2.05) is 0 Å². The van der Waals surface area contributed by atoms with Crippen LogP contribution in [0.15, 0.2) is 0 Å². The average Bonchev–Trinajstić information content (AvgIpc) is 2.97. The minimum absolute atomic E-state index is 0.128. The Morgan fingerprint density at radius 3 is 2.12 bits per heavy atom. The van der Waals surface area contributed by atoms with Gasteiger partial charge in [0, 0.05) is 13.7 Å². The first-order valence-corrected chi connectivity index (χ1v) is 13.0. The summed E-state index contributed by atoms with van der Waals surface area (Å²) in [7, 11) is 2.53. The fraction of sp³-hybridized carbons (Fsp3) is 0.957. The molecule has 1 fully saturated rings. The third-order valence-corrected chi connectivity index (χ3v) is 6.31. The van der Waals surface area contributed by atoms with Crippen LogP contribution in [0.5, 0.6) is 0 Å². The zero-order valence-electron chi connectivity index (χ0n) is 23.2. The molecule has 11 N–H and O–H groups in total. The normalized spacial score (nSPS) is 29.1. The number of carbonyl (C=O) groups is 1. The van der Waals surface area contributed by atoms with Crippen molar-refractivity contribution in [2.75, 3.05) is 47.1 Å². The van der Waals surface area contributed by atoms with E-state index in [1.54, 1.807) is 0 Å². The van der Waals surface area contributed by atoms with Crippen molar-refractivity contribution >= 4 is 6.41 Å². The Balaban J connectivity index is 3.18. The Bertz CT molecular complexity index is 696. The van der Waals surface area contributed by atoms with E-state index in [0.29, 0.717) is 19.4 Å². The predicted octanol–water partition coefficient (Wildman–Crippen LogP) is -6.34. The summed E-state index contributed by atoms with van der Waals surface area (Å²) in [5.74, 6) is 0. The minimum atomic E-state index is -2.25. The molecule has 0 bridgehead atoms. The van der Waals surface area contributed by atoms with Crippen LogP contribution in [-0.4, -0.2) is 180 Å². The van der Waals surface area contributed by atoms with Crippen LogP contribution >= 0.6 is 0 Å². The first-order chi connectivity index (χ1) is 19.5. The number of hydrogen-bond acceptors (Lipinski definition) is 17. The third kappa shape index (κ3) is 11.4. The number of aliphatic hydroxyl groups excluding tert-OH is 9. The van der Waals surface area contributed by atoms with Gasteiger partial charge in [-0.2, -0.15) is 0 Å². The molecule has 18 heteroatoms. The SMILES string of the molecule is CNC1C(O)C(OC(OC(CO)[C@@H](C)O)[C@H](CO)O[C@H](O)C(O)C(O)C(O)OC)[C@H](CO)O[C@H]1OCCCNC=O. The van der Waals surface area contributed by atoms with Crippen LogP contribution in [0.2, 0.25) is 0 Å². The molecule has 1 rings (SSSR count). The fourth-order valence-corrected chi connectivity index (χ4v) is 3.89. The molecule has 244 valence electrons. The molecule has 8 unspecified atom stereocenters. The quantitative estimate of drug-likeness (QED) is 0.0310. The zero-order chi connectivity index (χ0) is 31.1. The molecule has 1 aliphatic rings. The van der Waals surface area contributed by atoms with Gasteiger partial charge in [0.05, 0.1) is 38.6 Å². The lowest BCUT2D eigenvalue weighted by Gasteiger charge is -2.45. The highest BCUT2D eigenvalue weighted by molar-refractivity contribution is 5.45. The first kappa shape index (κ1) is 37.9. The molecule has 1 amide bonds. The summed E-state index contributed by atoms with van der Waals surface area (Å²) < 4.78 is 32.6. The number of aliphatic hydroxyl groups is 9. The molecule has 0 aromatic heterocycles. The number of nitrogens with one attached hydrogen (secondary N) is 2. The van der Waals surface area contributed by atoms with E-state index in [1.165, 1.54) is 14.0 Å². The van der Waals surface area contributed by atoms with Gasteiger partial charge in [-0.1, -0.05) is 0 Å². The molecule has 41 heavy (non-hydrogen) atoms. The van der Waals surface area contributed by atoms with Gasteiger partial charge < -0.3 is 85.0 Å². The van der Waals surface area contributed by atoms with Gasteiger partial charge in [-0.15, -0.1) is 0 Å². The second-order valence-corrected chi connectivity index (χ2v) is 9.25. The van der Waals surface area contributed by atoms with Crippen LogP contribution in [0.4, 0.5) is 0 Å². The first-order valence-electron chi connectivity index (χ1n) is 13.0. The van der Waals surface area contributed by atoms with Crippen LogP contribution in [-0.2, 0) is 33.2 Å². The summed E-state index contributed by atoms with van der Waals surface area (Å²) in [5, 5.41) is 96.0. The summed E-state index contributed by atoms with van der Waals surface area (Å²) in [4.78, 5) is 10.4. The second-order valence-electron chi connectivity index (χ2n) is 9.25. The van der Waals surface area contributed by atoms with Crippen LogP contribution in [0.1, 0.15) is 13.3 Å². The van der Waals surface area contributed by atoms with Crippen molar-refractivity contribution < 1.29 is 79.2 Å². The molecule has 1 aliphatic heterocycles. The summed E-state index contributed by atoms with van der Waals surface area (Å²) in [5.41, 5.74) is 0. The lowest BCUT2D eigenvalue weighted by molar-refractivity contribution is -0.341. The Hall–Kier alpha value is -1.17. The maximum Gasteiger partial charge on any atom is 0.207 e. The summed E-state index contributed by atoms with van der Waals surface area (Å²) in [6.45, 7) is -0.643. The van der Waals surface area contributed by atoms with Gasteiger partial charge in [-0.25, -0.2) is 0 Å². The largest absolute Gasteiger partial charge is 0.394 e. The van der Waals surface area contributed by atoms with Crippen molar-refractivity contribution in [2.45, 2.75) is 93.4 Å². The van der Waals surface area contributed by atoms with Gasteiger partial charge in [0.1, 0.15) is 42.7 Å². The fourth-order valence-electron chi connectivity index (χ4n) is 3.89. The molecule has 13 atom stereocenters. The number of methoxy groups -OCH3 is 1. The van der Waals surface area contributed by atoms with E-state index in [0.717, 1.165) is 7.11 Å². The molecule has 1 heterocycles. The number of amides is 1. The second kappa shape index (κ2) is 19.9. The van der Waals surface area contributed by atoms with Gasteiger partial charge in [-0.3, -0.25) is 4.79 Å². The summed E-state index contributed by atoms with van der Waals surface area (Å²) >= 11 is 0. The van der Waals surface area contributed by atoms with Crippen molar-refractivity contribution in [3.63, 3.8) is 0 Å². The van der Waals surface area contributed by atoms with Crippen molar-refractivity contribution in [2.24, 2.45) is 0 Å². The number of ether oxygens (including phenoxy) is 6. The number of likely N-dealkylation sites (N-methyl/N-ethyl adjacent to an activating group) is 1. The monoisotopic (exact) mass is 606 g/mol. The van der Waals surface area contributed by atoms with Crippen molar-refractivity contribution in [3.05, 3.63) is 0 Å². The molecule has 0 saturated carbocycles. The van der Waals surface area contributed by atoms with Crippen LogP contribution in [0.3, 0.4) is 0 Å². The average molecular weight is 607 g/mol. The van der Waals surface area contributed by atoms with E-state index in [2.05, 4.69) is 15.4 Å². The number of hydrogen-bond donors (Lipinski definition) is 11. The summed E-state index contributed by atoms with van der Waals surface area (Å²) in [6, 6.07) is -0.931. The predicted molar refractivity (Wildman–Crippen MR) is 135 cm³/mol. The van der Waals surface area contributed by atoms with E-state index < -0.39 is 99.9 Å². The molecule has 0 aliphatic carbocycles. The van der Waals surface area contributed by atoms with E-state index in [9.17, 15) is 50.8 Å². The zero-order valence-corrected chi connectivity index (χ0v) is 23.2. The van der Waals surface area contributed by atoms with Gasteiger partial charge in [0.2, 0.25) is 6.41 Å². The molecule has 0 aromatic rings. The van der Waals surface area contributed by atoms with Crippen molar-refractivity contribution in [1.29, 1.82) is 0 Å². The maximum atomic E-state index is 11.1. The highest BCUT2D eigenvalue weighted by Crippen LogP contribution is 2.28. The molecular formula is C23H46N2O16. The van der Waals surface area contributed by atoms with E-state index in [4.69, 9.17) is 23.7 Å². The van der Waals surface area contributed by atoms with Crippen molar-refractivity contribution in [1.82, 2.24) is 10.6 Å². The van der Waals surface area contributed by atoms with Crippen LogP contribution in [0, 0.1) is 0 Å². The molecule has 18 nitrogen and oxygen atoms in total. The Morgan fingerprint density at radius 1 is 0.976 bits per heavy atom. The standard InChI is InChI=1S/C23H46N2O16/c1-11(30)12(7-26)39-22(14(9-28)38-21(35)18(33)17(32)20(34)36-3)41-19-13(8-27)40-23(15(24-2)16(19)31)37-6-4-5-25-10-29/h10-24,26-28,30-35H,4-9H2,1-3H3,(H,25,29)/t11-,12?,13+,14+,15?,16?,17?,18?,19?,20?,21+,22?,23-/m1/s1. The minimum Gasteiger partial charge on any atom is -0.394 e. The highest BCUT2D eigenvalue weighted by Gasteiger charge is 2.48. The number of carbonyl (C=O) groups excluding carboxylic acids is 1. The van der Waals surface area contributed by atoms with Gasteiger partial charge in [0.15, 0.2) is 25.2 Å². The lowest BCUT2D eigenvalue weighted by atomic mass is 9.96. The Kier molecular flexibility index (Phi) is 18.4. The van der Waals surface area contributed by atoms with E-state index >= 15 is 0 Å². The Morgan fingerprint density at radius 2 is 1.61 bits per heavy atom. The highest BCUT2D eigenvalue weighted by atomic mass is 16.7. The van der Waals surface area contributed by atoms with Crippen molar-refractivity contribution in [3.8, 4) is 0 Å². The van der Waals surface area contributed by atoms with Crippen LogP contribution < -0.4 is 10.6 Å².